The van der Waals surface area contributed by atoms with Crippen molar-refractivity contribution >= 4 is 0 Å². The lowest BCUT2D eigenvalue weighted by Crippen LogP contribution is -2.40. The molecular formula is C11H21NO. The predicted molar refractivity (Wildman–Crippen MR) is 53.9 cm³/mol. The molecule has 2 saturated heterocycles. The molecule has 2 rings (SSSR count). The third-order valence-corrected chi connectivity index (χ3v) is 3.51. The van der Waals surface area contributed by atoms with Crippen molar-refractivity contribution in [2.24, 2.45) is 0 Å². The highest BCUT2D eigenvalue weighted by Crippen LogP contribution is 2.34. The van der Waals surface area contributed by atoms with Gasteiger partial charge in [-0.1, -0.05) is 0 Å². The molecule has 13 heavy (non-hydrogen) atoms. The van der Waals surface area contributed by atoms with Crippen LogP contribution in [-0.4, -0.2) is 36.2 Å². The maximum absolute atomic E-state index is 5.97. The lowest BCUT2D eigenvalue weighted by atomic mass is 9.93. The van der Waals surface area contributed by atoms with Gasteiger partial charge in [-0.05, 0) is 39.5 Å². The van der Waals surface area contributed by atoms with E-state index in [0.29, 0.717) is 6.04 Å². The third-order valence-electron chi connectivity index (χ3n) is 3.51. The average molecular weight is 183 g/mol. The van der Waals surface area contributed by atoms with Crippen LogP contribution in [0.5, 0.6) is 0 Å². The molecule has 0 aromatic heterocycles. The second kappa shape index (κ2) is 3.58. The SMILES string of the molecule is CC(C)N1CCC2(CCCCO2)C1. The van der Waals surface area contributed by atoms with E-state index < -0.39 is 0 Å². The average Bonchev–Trinajstić information content (AvgIpc) is 2.51. The quantitative estimate of drug-likeness (QED) is 0.617. The molecule has 2 aliphatic rings. The van der Waals surface area contributed by atoms with Crippen LogP contribution in [0.4, 0.5) is 0 Å². The van der Waals surface area contributed by atoms with E-state index in [-0.39, 0.29) is 5.60 Å². The lowest BCUT2D eigenvalue weighted by Gasteiger charge is -2.34. The van der Waals surface area contributed by atoms with Crippen LogP contribution >= 0.6 is 0 Å². The van der Waals surface area contributed by atoms with Gasteiger partial charge in [-0.2, -0.15) is 0 Å². The highest BCUT2D eigenvalue weighted by atomic mass is 16.5. The van der Waals surface area contributed by atoms with Gasteiger partial charge in [0.05, 0.1) is 5.60 Å². The summed E-state index contributed by atoms with van der Waals surface area (Å²) in [7, 11) is 0. The monoisotopic (exact) mass is 183 g/mol. The zero-order valence-corrected chi connectivity index (χ0v) is 8.88. The van der Waals surface area contributed by atoms with Gasteiger partial charge in [0.15, 0.2) is 0 Å². The van der Waals surface area contributed by atoms with E-state index in [0.717, 1.165) is 6.61 Å². The van der Waals surface area contributed by atoms with Crippen LogP contribution in [0, 0.1) is 0 Å². The van der Waals surface area contributed by atoms with Crippen LogP contribution in [0.25, 0.3) is 0 Å². The van der Waals surface area contributed by atoms with E-state index in [9.17, 15) is 0 Å². The number of rotatable bonds is 1. The topological polar surface area (TPSA) is 12.5 Å². The Kier molecular flexibility index (Phi) is 2.61. The minimum absolute atomic E-state index is 0.252. The van der Waals surface area contributed by atoms with Gasteiger partial charge in [0.1, 0.15) is 0 Å². The van der Waals surface area contributed by atoms with Crippen molar-refractivity contribution in [3.8, 4) is 0 Å². The second-order valence-corrected chi connectivity index (χ2v) is 4.80. The van der Waals surface area contributed by atoms with Crippen LogP contribution in [-0.2, 0) is 4.74 Å². The maximum atomic E-state index is 5.97. The third kappa shape index (κ3) is 1.89. The first-order valence-corrected chi connectivity index (χ1v) is 5.60. The number of hydrogen-bond donors (Lipinski definition) is 0. The summed E-state index contributed by atoms with van der Waals surface area (Å²) in [4.78, 5) is 2.55. The molecule has 2 heterocycles. The standard InChI is InChI=1S/C11H21NO/c1-10(2)12-7-6-11(9-12)5-3-4-8-13-11/h10H,3-9H2,1-2H3. The first kappa shape index (κ1) is 9.47. The Morgan fingerprint density at radius 3 is 2.62 bits per heavy atom. The van der Waals surface area contributed by atoms with Gasteiger partial charge in [-0.15, -0.1) is 0 Å². The second-order valence-electron chi connectivity index (χ2n) is 4.80. The molecular weight excluding hydrogens is 162 g/mol. The normalized spacial score (nSPS) is 36.2. The number of ether oxygens (including phenoxy) is 1. The fourth-order valence-corrected chi connectivity index (χ4v) is 2.55. The van der Waals surface area contributed by atoms with Gasteiger partial charge < -0.3 is 4.74 Å². The smallest absolute Gasteiger partial charge is 0.0821 e. The number of hydrogen-bond acceptors (Lipinski definition) is 2. The predicted octanol–water partition coefficient (Wildman–Crippen LogP) is 2.04. The van der Waals surface area contributed by atoms with E-state index in [1.807, 2.05) is 0 Å². The highest BCUT2D eigenvalue weighted by Gasteiger charge is 2.40. The molecule has 2 aliphatic heterocycles. The molecule has 1 unspecified atom stereocenters. The molecule has 2 fully saturated rings. The van der Waals surface area contributed by atoms with Crippen molar-refractivity contribution in [1.82, 2.24) is 4.90 Å². The van der Waals surface area contributed by atoms with Crippen LogP contribution in [0.2, 0.25) is 0 Å². The summed E-state index contributed by atoms with van der Waals surface area (Å²) < 4.78 is 5.97. The van der Waals surface area contributed by atoms with Crippen molar-refractivity contribution < 1.29 is 4.74 Å². The fraction of sp³-hybridized carbons (Fsp3) is 1.00. The van der Waals surface area contributed by atoms with Crippen molar-refractivity contribution in [3.05, 3.63) is 0 Å². The van der Waals surface area contributed by atoms with E-state index in [1.165, 1.54) is 38.8 Å². The molecule has 1 atom stereocenters. The Morgan fingerprint density at radius 2 is 2.08 bits per heavy atom. The molecule has 2 heteroatoms. The van der Waals surface area contributed by atoms with E-state index in [2.05, 4.69) is 18.7 Å². The van der Waals surface area contributed by atoms with E-state index in [1.54, 1.807) is 0 Å². The Labute approximate surface area is 81.3 Å². The minimum Gasteiger partial charge on any atom is -0.374 e. The van der Waals surface area contributed by atoms with Crippen molar-refractivity contribution in [1.29, 1.82) is 0 Å². The minimum atomic E-state index is 0.252. The molecule has 2 nitrogen and oxygen atoms in total. The molecule has 0 amide bonds. The number of likely N-dealkylation sites (tertiary alicyclic amines) is 1. The van der Waals surface area contributed by atoms with Gasteiger partial charge in [0.25, 0.3) is 0 Å². The molecule has 0 aromatic carbocycles. The largest absolute Gasteiger partial charge is 0.374 e. The Balaban J connectivity index is 1.94. The molecule has 0 aromatic rings. The summed E-state index contributed by atoms with van der Waals surface area (Å²) in [6, 6.07) is 0.685. The first-order valence-electron chi connectivity index (χ1n) is 5.60. The van der Waals surface area contributed by atoms with Gasteiger partial charge >= 0.3 is 0 Å². The van der Waals surface area contributed by atoms with Crippen LogP contribution in [0.3, 0.4) is 0 Å². The van der Waals surface area contributed by atoms with Crippen molar-refractivity contribution in [2.75, 3.05) is 19.7 Å². The molecule has 76 valence electrons. The van der Waals surface area contributed by atoms with Crippen molar-refractivity contribution in [2.45, 2.75) is 51.2 Å². The van der Waals surface area contributed by atoms with Gasteiger partial charge in [0, 0.05) is 25.7 Å². The lowest BCUT2D eigenvalue weighted by molar-refractivity contribution is -0.0707. The van der Waals surface area contributed by atoms with Crippen LogP contribution in [0.1, 0.15) is 39.5 Å². The molecule has 0 saturated carbocycles. The molecule has 1 spiro atoms. The Morgan fingerprint density at radius 1 is 1.23 bits per heavy atom. The Bertz CT molecular complexity index is 173. The summed E-state index contributed by atoms with van der Waals surface area (Å²) >= 11 is 0. The summed E-state index contributed by atoms with van der Waals surface area (Å²) in [6.45, 7) is 7.96. The first-order chi connectivity index (χ1) is 6.22. The van der Waals surface area contributed by atoms with Crippen LogP contribution < -0.4 is 0 Å². The molecule has 0 N–H and O–H groups in total. The maximum Gasteiger partial charge on any atom is 0.0821 e. The van der Waals surface area contributed by atoms with Gasteiger partial charge in [-0.3, -0.25) is 4.90 Å². The van der Waals surface area contributed by atoms with Crippen molar-refractivity contribution in [3.63, 3.8) is 0 Å². The Hall–Kier alpha value is -0.0800. The zero-order chi connectivity index (χ0) is 9.31. The van der Waals surface area contributed by atoms with E-state index in [4.69, 9.17) is 4.74 Å². The van der Waals surface area contributed by atoms with E-state index >= 15 is 0 Å². The number of nitrogens with zero attached hydrogens (tertiary/aromatic N) is 1. The highest BCUT2D eigenvalue weighted by molar-refractivity contribution is 4.94. The zero-order valence-electron chi connectivity index (χ0n) is 8.88. The molecule has 0 bridgehead atoms. The molecule has 0 radical (unpaired) electrons. The fourth-order valence-electron chi connectivity index (χ4n) is 2.55. The van der Waals surface area contributed by atoms with Gasteiger partial charge in [-0.25, -0.2) is 0 Å². The molecule has 0 aliphatic carbocycles. The summed E-state index contributed by atoms with van der Waals surface area (Å²) in [5.41, 5.74) is 0.252. The summed E-state index contributed by atoms with van der Waals surface area (Å²) in [5.74, 6) is 0. The van der Waals surface area contributed by atoms with Gasteiger partial charge in [0.2, 0.25) is 0 Å². The van der Waals surface area contributed by atoms with Crippen LogP contribution in [0.15, 0.2) is 0 Å². The summed E-state index contributed by atoms with van der Waals surface area (Å²) in [5, 5.41) is 0. The summed E-state index contributed by atoms with van der Waals surface area (Å²) in [6.07, 6.45) is 5.18.